The topological polar surface area (TPSA) is 36.5 Å². The molecular formula is C9H13IN2O. The second kappa shape index (κ2) is 5.90. The maximum atomic E-state index is 8.36. The summed E-state index contributed by atoms with van der Waals surface area (Å²) in [6, 6.07) is 4.05. The summed E-state index contributed by atoms with van der Waals surface area (Å²) in [6.45, 7) is 2.09. The van der Waals surface area contributed by atoms with Crippen molar-refractivity contribution in [2.75, 3.05) is 0 Å². The standard InChI is InChI=1S/C9H12N2O.HI/c1-3-8-4-5-11(2)9(6-8)7-10-12;/h4-7H,3H2,1-2H3;1H. The van der Waals surface area contributed by atoms with Crippen molar-refractivity contribution in [3.63, 3.8) is 0 Å². The van der Waals surface area contributed by atoms with E-state index in [0.29, 0.717) is 0 Å². The molecule has 0 aliphatic rings. The van der Waals surface area contributed by atoms with Gasteiger partial charge in [0.05, 0.1) is 0 Å². The second-order valence-corrected chi connectivity index (χ2v) is 2.67. The summed E-state index contributed by atoms with van der Waals surface area (Å²) in [5.74, 6) is 0. The largest absolute Gasteiger partial charge is 1.00 e. The van der Waals surface area contributed by atoms with Crippen molar-refractivity contribution in [1.29, 1.82) is 0 Å². The first-order valence-electron chi connectivity index (χ1n) is 3.94. The molecule has 13 heavy (non-hydrogen) atoms. The van der Waals surface area contributed by atoms with Crippen LogP contribution in [0, 0.1) is 0 Å². The van der Waals surface area contributed by atoms with Crippen LogP contribution >= 0.6 is 0 Å². The average molecular weight is 292 g/mol. The van der Waals surface area contributed by atoms with E-state index in [1.807, 2.05) is 23.9 Å². The third-order valence-electron chi connectivity index (χ3n) is 1.85. The normalized spacial score (nSPS) is 10.0. The Bertz CT molecular complexity index is 300. The first-order chi connectivity index (χ1) is 5.77. The minimum Gasteiger partial charge on any atom is -1.00 e. The lowest BCUT2D eigenvalue weighted by atomic mass is 10.2. The molecule has 3 nitrogen and oxygen atoms in total. The monoisotopic (exact) mass is 292 g/mol. The summed E-state index contributed by atoms with van der Waals surface area (Å²) in [5.41, 5.74) is 2.14. The molecule has 0 amide bonds. The predicted molar refractivity (Wildman–Crippen MR) is 46.4 cm³/mol. The molecule has 1 heterocycles. The summed E-state index contributed by atoms with van der Waals surface area (Å²) < 4.78 is 1.90. The van der Waals surface area contributed by atoms with Gasteiger partial charge in [-0.2, -0.15) is 0 Å². The van der Waals surface area contributed by atoms with Gasteiger partial charge in [0.1, 0.15) is 13.3 Å². The molecule has 1 aromatic heterocycles. The fourth-order valence-corrected chi connectivity index (χ4v) is 1.04. The third-order valence-corrected chi connectivity index (χ3v) is 1.85. The summed E-state index contributed by atoms with van der Waals surface area (Å²) in [5, 5.41) is 11.4. The molecule has 0 atom stereocenters. The van der Waals surface area contributed by atoms with E-state index in [9.17, 15) is 0 Å². The van der Waals surface area contributed by atoms with Crippen LogP contribution in [0.3, 0.4) is 0 Å². The first kappa shape index (κ1) is 12.3. The summed E-state index contributed by atoms with van der Waals surface area (Å²) in [4.78, 5) is 0. The molecule has 0 spiro atoms. The maximum absolute atomic E-state index is 8.36. The Hall–Kier alpha value is -0.650. The molecule has 0 saturated heterocycles. The van der Waals surface area contributed by atoms with Crippen LogP contribution < -0.4 is 28.5 Å². The highest BCUT2D eigenvalue weighted by molar-refractivity contribution is 5.74. The zero-order valence-electron chi connectivity index (χ0n) is 7.74. The van der Waals surface area contributed by atoms with Gasteiger partial charge in [0, 0.05) is 12.1 Å². The van der Waals surface area contributed by atoms with Crippen LogP contribution in [-0.2, 0) is 13.5 Å². The average Bonchev–Trinajstić information content (AvgIpc) is 2.09. The highest BCUT2D eigenvalue weighted by atomic mass is 127. The Kier molecular flexibility index (Phi) is 5.61. The number of pyridine rings is 1. The van der Waals surface area contributed by atoms with Crippen molar-refractivity contribution >= 4 is 6.21 Å². The molecule has 0 fully saturated rings. The molecule has 1 N–H and O–H groups in total. The molecule has 72 valence electrons. The van der Waals surface area contributed by atoms with E-state index in [1.54, 1.807) is 0 Å². The molecule has 0 aliphatic carbocycles. The predicted octanol–water partition coefficient (Wildman–Crippen LogP) is -2.11. The molecule has 0 saturated carbocycles. The van der Waals surface area contributed by atoms with Gasteiger partial charge in [-0.05, 0) is 12.0 Å². The van der Waals surface area contributed by atoms with Crippen molar-refractivity contribution in [2.24, 2.45) is 12.2 Å². The van der Waals surface area contributed by atoms with Crippen molar-refractivity contribution in [3.8, 4) is 0 Å². The molecule has 1 rings (SSSR count). The summed E-state index contributed by atoms with van der Waals surface area (Å²) in [7, 11) is 1.91. The fraction of sp³-hybridized carbons (Fsp3) is 0.333. The lowest BCUT2D eigenvalue weighted by Crippen LogP contribution is -3.00. The van der Waals surface area contributed by atoms with Gasteiger partial charge < -0.3 is 29.2 Å². The van der Waals surface area contributed by atoms with Gasteiger partial charge in [0.25, 0.3) is 0 Å². The summed E-state index contributed by atoms with van der Waals surface area (Å²) >= 11 is 0. The third kappa shape index (κ3) is 3.30. The van der Waals surface area contributed by atoms with Gasteiger partial charge in [-0.15, -0.1) is 0 Å². The number of hydrogen-bond acceptors (Lipinski definition) is 2. The number of nitrogens with zero attached hydrogens (tertiary/aromatic N) is 2. The van der Waals surface area contributed by atoms with E-state index < -0.39 is 0 Å². The van der Waals surface area contributed by atoms with Crippen LogP contribution in [-0.4, -0.2) is 11.4 Å². The van der Waals surface area contributed by atoms with Crippen LogP contribution in [0.5, 0.6) is 0 Å². The maximum Gasteiger partial charge on any atom is 0.227 e. The minimum absolute atomic E-state index is 0. The molecule has 0 radical (unpaired) electrons. The Morgan fingerprint density at radius 1 is 1.62 bits per heavy atom. The molecule has 1 aromatic rings. The SMILES string of the molecule is CCc1cc[n+](C)c(/C=N/O)c1.[I-]. The number of aryl methyl sites for hydroxylation is 2. The van der Waals surface area contributed by atoms with Gasteiger partial charge in [-0.1, -0.05) is 12.1 Å². The van der Waals surface area contributed by atoms with Gasteiger partial charge >= 0.3 is 0 Å². The van der Waals surface area contributed by atoms with Crippen LogP contribution in [0.15, 0.2) is 23.5 Å². The quantitative estimate of drug-likeness (QED) is 0.219. The van der Waals surface area contributed by atoms with E-state index in [-0.39, 0.29) is 24.0 Å². The Morgan fingerprint density at radius 2 is 2.31 bits per heavy atom. The smallest absolute Gasteiger partial charge is 0.227 e. The Balaban J connectivity index is 0.00000144. The van der Waals surface area contributed by atoms with Crippen molar-refractivity contribution in [3.05, 3.63) is 29.6 Å². The van der Waals surface area contributed by atoms with E-state index in [2.05, 4.69) is 18.1 Å². The van der Waals surface area contributed by atoms with Crippen molar-refractivity contribution < 1.29 is 33.8 Å². The van der Waals surface area contributed by atoms with E-state index in [0.717, 1.165) is 12.1 Å². The number of hydrogen-bond donors (Lipinski definition) is 1. The lowest BCUT2D eigenvalue weighted by molar-refractivity contribution is -0.672. The molecule has 4 heteroatoms. The van der Waals surface area contributed by atoms with Crippen molar-refractivity contribution in [2.45, 2.75) is 13.3 Å². The molecule has 0 unspecified atom stereocenters. The number of halogens is 1. The summed E-state index contributed by atoms with van der Waals surface area (Å²) in [6.07, 6.45) is 4.38. The van der Waals surface area contributed by atoms with Crippen LogP contribution in [0.2, 0.25) is 0 Å². The van der Waals surface area contributed by atoms with Gasteiger partial charge in [-0.25, -0.2) is 4.57 Å². The zero-order chi connectivity index (χ0) is 8.97. The van der Waals surface area contributed by atoms with E-state index in [1.165, 1.54) is 11.8 Å². The van der Waals surface area contributed by atoms with Crippen molar-refractivity contribution in [1.82, 2.24) is 0 Å². The molecule has 0 aliphatic heterocycles. The lowest BCUT2D eigenvalue weighted by Gasteiger charge is -1.96. The Labute approximate surface area is 95.1 Å². The zero-order valence-corrected chi connectivity index (χ0v) is 9.89. The second-order valence-electron chi connectivity index (χ2n) is 2.67. The fourth-order valence-electron chi connectivity index (χ4n) is 1.04. The van der Waals surface area contributed by atoms with E-state index >= 15 is 0 Å². The van der Waals surface area contributed by atoms with Gasteiger partial charge in [-0.3, -0.25) is 0 Å². The van der Waals surface area contributed by atoms with Crippen LogP contribution in [0.4, 0.5) is 0 Å². The van der Waals surface area contributed by atoms with Crippen LogP contribution in [0.1, 0.15) is 18.2 Å². The first-order valence-corrected chi connectivity index (χ1v) is 3.94. The Morgan fingerprint density at radius 3 is 2.85 bits per heavy atom. The molecule has 0 aromatic carbocycles. The highest BCUT2D eigenvalue weighted by Gasteiger charge is 2.03. The molecular weight excluding hydrogens is 279 g/mol. The highest BCUT2D eigenvalue weighted by Crippen LogP contribution is 1.98. The molecule has 0 bridgehead atoms. The number of aromatic nitrogens is 1. The number of oxime groups is 1. The van der Waals surface area contributed by atoms with Crippen LogP contribution in [0.25, 0.3) is 0 Å². The van der Waals surface area contributed by atoms with E-state index in [4.69, 9.17) is 5.21 Å². The van der Waals surface area contributed by atoms with Gasteiger partial charge in [0.15, 0.2) is 6.20 Å². The number of rotatable bonds is 2. The van der Waals surface area contributed by atoms with Gasteiger partial charge in [0.2, 0.25) is 5.69 Å². The minimum atomic E-state index is 0.